The molecule has 1 heterocycles. The normalized spacial score (nSPS) is 32.1. The average Bonchev–Trinajstić information content (AvgIpc) is 2.68. The van der Waals surface area contributed by atoms with Crippen LogP contribution in [0.3, 0.4) is 0 Å². The highest BCUT2D eigenvalue weighted by atomic mass is 28.4. The van der Waals surface area contributed by atoms with E-state index in [1.165, 1.54) is 0 Å². The Hall–Kier alpha value is -0.693. The summed E-state index contributed by atoms with van der Waals surface area (Å²) in [4.78, 5) is 14.6. The number of ether oxygens (including phenoxy) is 2. The Balaban J connectivity index is 2.32. The van der Waals surface area contributed by atoms with E-state index < -0.39 is 14.1 Å². The number of nitrogens with zero attached hydrogens (tertiary/aromatic N) is 1. The minimum atomic E-state index is -2.00. The molecule has 1 aliphatic heterocycles. The average molecular weight is 356 g/mol. The molecule has 5 nitrogen and oxygen atoms in total. The predicted molar refractivity (Wildman–Crippen MR) is 97.3 cm³/mol. The molecule has 1 saturated carbocycles. The SMILES string of the molecule is CN(C)/C=C1/C(=O)C[C@@H](O[Si](C)(C)C(C)(C)C)[C@@H]2OC(C)(C)O[C@H]12. The molecule has 2 fully saturated rings. The summed E-state index contributed by atoms with van der Waals surface area (Å²) < 4.78 is 18.8. The van der Waals surface area contributed by atoms with E-state index in [0.717, 1.165) is 0 Å². The molecule has 2 aliphatic rings. The van der Waals surface area contributed by atoms with Gasteiger partial charge in [-0.05, 0) is 32.0 Å². The van der Waals surface area contributed by atoms with Crippen molar-refractivity contribution in [1.82, 2.24) is 4.90 Å². The molecule has 0 unspecified atom stereocenters. The Morgan fingerprint density at radius 2 is 1.83 bits per heavy atom. The molecule has 1 aliphatic carbocycles. The van der Waals surface area contributed by atoms with E-state index in [1.54, 1.807) is 0 Å². The van der Waals surface area contributed by atoms with Gasteiger partial charge in [0, 0.05) is 32.3 Å². The maximum Gasteiger partial charge on any atom is 0.192 e. The molecule has 0 spiro atoms. The van der Waals surface area contributed by atoms with Gasteiger partial charge < -0.3 is 18.8 Å². The summed E-state index contributed by atoms with van der Waals surface area (Å²) in [6.07, 6.45) is 1.36. The summed E-state index contributed by atoms with van der Waals surface area (Å²) in [7, 11) is 1.82. The van der Waals surface area contributed by atoms with Crippen LogP contribution in [0.1, 0.15) is 41.0 Å². The quantitative estimate of drug-likeness (QED) is 0.574. The molecular weight excluding hydrogens is 322 g/mol. The topological polar surface area (TPSA) is 48.0 Å². The van der Waals surface area contributed by atoms with E-state index in [0.29, 0.717) is 12.0 Å². The molecule has 24 heavy (non-hydrogen) atoms. The molecule has 0 aromatic carbocycles. The first-order valence-electron chi connectivity index (χ1n) is 8.68. The number of fused-ring (bicyclic) bond motifs is 1. The van der Waals surface area contributed by atoms with Gasteiger partial charge in [0.2, 0.25) is 0 Å². The Morgan fingerprint density at radius 3 is 2.33 bits per heavy atom. The summed E-state index contributed by atoms with van der Waals surface area (Å²) in [6, 6.07) is 0. The fraction of sp³-hybridized carbons (Fsp3) is 0.833. The van der Waals surface area contributed by atoms with Crippen molar-refractivity contribution in [2.45, 2.75) is 83.3 Å². The third-order valence-electron chi connectivity index (χ3n) is 5.16. The largest absolute Gasteiger partial charge is 0.411 e. The zero-order valence-electron chi connectivity index (χ0n) is 16.6. The highest BCUT2D eigenvalue weighted by Gasteiger charge is 2.54. The second-order valence-corrected chi connectivity index (χ2v) is 13.9. The Labute approximate surface area is 147 Å². The molecule has 0 aromatic rings. The Morgan fingerprint density at radius 1 is 1.25 bits per heavy atom. The van der Waals surface area contributed by atoms with Crippen molar-refractivity contribution in [3.63, 3.8) is 0 Å². The molecule has 0 aromatic heterocycles. The van der Waals surface area contributed by atoms with Crippen molar-refractivity contribution in [3.05, 3.63) is 11.8 Å². The number of Topliss-reactive ketones (excluding diaryl/α,β-unsaturated/α-hetero) is 1. The Kier molecular flexibility index (Phi) is 5.10. The van der Waals surface area contributed by atoms with Gasteiger partial charge in [-0.3, -0.25) is 4.79 Å². The van der Waals surface area contributed by atoms with Crippen LogP contribution in [0.5, 0.6) is 0 Å². The third-order valence-corrected chi connectivity index (χ3v) is 9.66. The molecule has 0 amide bonds. The summed E-state index contributed by atoms with van der Waals surface area (Å²) in [6.45, 7) is 14.8. The van der Waals surface area contributed by atoms with E-state index in [-0.39, 0.29) is 29.1 Å². The molecule has 0 N–H and O–H groups in total. The predicted octanol–water partition coefficient (Wildman–Crippen LogP) is 3.32. The lowest BCUT2D eigenvalue weighted by molar-refractivity contribution is -0.151. The van der Waals surface area contributed by atoms with Crippen molar-refractivity contribution in [2.75, 3.05) is 14.1 Å². The number of carbonyl (C=O) groups excluding carboxylic acids is 1. The van der Waals surface area contributed by atoms with Crippen LogP contribution in [0.15, 0.2) is 11.8 Å². The van der Waals surface area contributed by atoms with Crippen LogP contribution in [0.25, 0.3) is 0 Å². The highest BCUT2D eigenvalue weighted by molar-refractivity contribution is 6.74. The van der Waals surface area contributed by atoms with Crippen molar-refractivity contribution < 1.29 is 18.7 Å². The van der Waals surface area contributed by atoms with Crippen molar-refractivity contribution in [1.29, 1.82) is 0 Å². The first-order valence-corrected chi connectivity index (χ1v) is 11.6. The van der Waals surface area contributed by atoms with Gasteiger partial charge in [0.25, 0.3) is 0 Å². The molecule has 3 atom stereocenters. The van der Waals surface area contributed by atoms with Gasteiger partial charge in [-0.15, -0.1) is 0 Å². The van der Waals surface area contributed by atoms with Crippen molar-refractivity contribution in [2.24, 2.45) is 0 Å². The van der Waals surface area contributed by atoms with Gasteiger partial charge in [-0.25, -0.2) is 0 Å². The van der Waals surface area contributed by atoms with Crippen LogP contribution in [0, 0.1) is 0 Å². The first-order chi connectivity index (χ1) is 10.7. The lowest BCUT2D eigenvalue weighted by Crippen LogP contribution is -2.53. The summed E-state index contributed by atoms with van der Waals surface area (Å²) in [5.74, 6) is -0.615. The number of rotatable bonds is 3. The summed E-state index contributed by atoms with van der Waals surface area (Å²) in [5.41, 5.74) is 0.686. The van der Waals surface area contributed by atoms with Gasteiger partial charge in [0.05, 0.1) is 6.10 Å². The fourth-order valence-corrected chi connectivity index (χ4v) is 4.29. The molecule has 2 rings (SSSR count). The van der Waals surface area contributed by atoms with Crippen molar-refractivity contribution in [3.8, 4) is 0 Å². The van der Waals surface area contributed by atoms with Gasteiger partial charge in [0.15, 0.2) is 19.9 Å². The minimum Gasteiger partial charge on any atom is -0.411 e. The van der Waals surface area contributed by atoms with E-state index in [4.69, 9.17) is 13.9 Å². The molecule has 0 bridgehead atoms. The number of hydrogen-bond acceptors (Lipinski definition) is 5. The molecule has 1 saturated heterocycles. The second-order valence-electron chi connectivity index (χ2n) is 9.11. The Bertz CT molecular complexity index is 534. The minimum absolute atomic E-state index is 0.0836. The van der Waals surface area contributed by atoms with E-state index in [2.05, 4.69) is 33.9 Å². The number of hydrogen-bond donors (Lipinski definition) is 0. The van der Waals surface area contributed by atoms with E-state index in [1.807, 2.05) is 39.0 Å². The summed E-state index contributed by atoms with van der Waals surface area (Å²) >= 11 is 0. The van der Waals surface area contributed by atoms with Crippen LogP contribution < -0.4 is 0 Å². The van der Waals surface area contributed by atoms with E-state index >= 15 is 0 Å². The van der Waals surface area contributed by atoms with Gasteiger partial charge >= 0.3 is 0 Å². The van der Waals surface area contributed by atoms with Crippen LogP contribution in [0.4, 0.5) is 0 Å². The smallest absolute Gasteiger partial charge is 0.192 e. The van der Waals surface area contributed by atoms with Gasteiger partial charge in [0.1, 0.15) is 12.2 Å². The van der Waals surface area contributed by atoms with Gasteiger partial charge in [-0.2, -0.15) is 0 Å². The standard InChI is InChI=1S/C18H33NO4Si/c1-17(2,3)24(8,9)23-14-10-13(20)12(11-19(6)7)15-16(14)22-18(4,5)21-15/h11,14-16H,10H2,1-9H3/b12-11-/t14-,15-,16+/m1/s1. The lowest BCUT2D eigenvalue weighted by atomic mass is 9.87. The second kappa shape index (κ2) is 6.23. The highest BCUT2D eigenvalue weighted by Crippen LogP contribution is 2.43. The summed E-state index contributed by atoms with van der Waals surface area (Å²) in [5, 5.41) is 0.0836. The molecular formula is C18H33NO4Si. The van der Waals surface area contributed by atoms with Crippen LogP contribution in [0.2, 0.25) is 18.1 Å². The van der Waals surface area contributed by atoms with E-state index in [9.17, 15) is 4.79 Å². The number of ketones is 1. The van der Waals surface area contributed by atoms with Gasteiger partial charge in [-0.1, -0.05) is 20.8 Å². The third kappa shape index (κ3) is 3.93. The fourth-order valence-electron chi connectivity index (χ4n) is 2.96. The molecule has 0 radical (unpaired) electrons. The first kappa shape index (κ1) is 19.6. The maximum absolute atomic E-state index is 12.7. The molecule has 138 valence electrons. The monoisotopic (exact) mass is 355 g/mol. The zero-order chi connectivity index (χ0) is 18.5. The zero-order valence-corrected chi connectivity index (χ0v) is 17.6. The van der Waals surface area contributed by atoms with Crippen LogP contribution >= 0.6 is 0 Å². The van der Waals surface area contributed by atoms with Crippen molar-refractivity contribution >= 4 is 14.1 Å². The van der Waals surface area contributed by atoms with Crippen LogP contribution in [-0.2, 0) is 18.7 Å². The lowest BCUT2D eigenvalue weighted by Gasteiger charge is -2.42. The molecule has 6 heteroatoms. The maximum atomic E-state index is 12.7. The number of carbonyl (C=O) groups is 1. The van der Waals surface area contributed by atoms with Crippen LogP contribution in [-0.4, -0.2) is 57.2 Å².